The summed E-state index contributed by atoms with van der Waals surface area (Å²) in [5, 5.41) is 0. The minimum atomic E-state index is -0.0312. The molecule has 0 spiro atoms. The molecule has 2 heteroatoms. The van der Waals surface area contributed by atoms with Gasteiger partial charge in [0.25, 0.3) is 0 Å². The topological polar surface area (TPSA) is 35.2 Å². The van der Waals surface area contributed by atoms with Crippen LogP contribution >= 0.6 is 0 Å². The highest BCUT2D eigenvalue weighted by atomic mass is 16.5. The van der Waals surface area contributed by atoms with Crippen LogP contribution in [-0.4, -0.2) is 18.2 Å². The van der Waals surface area contributed by atoms with Crippen molar-refractivity contribution in [1.82, 2.24) is 0 Å². The third-order valence-electron chi connectivity index (χ3n) is 4.26. The minimum absolute atomic E-state index is 0.0312. The second-order valence-electron chi connectivity index (χ2n) is 7.12. The van der Waals surface area contributed by atoms with Gasteiger partial charge >= 0.3 is 0 Å². The molecule has 1 atom stereocenters. The van der Waals surface area contributed by atoms with Crippen LogP contribution in [-0.2, 0) is 4.74 Å². The monoisotopic (exact) mass is 255 g/mol. The van der Waals surface area contributed by atoms with Crippen LogP contribution < -0.4 is 5.73 Å². The molecule has 0 bridgehead atoms. The molecule has 0 radical (unpaired) electrons. The first-order valence-corrected chi connectivity index (χ1v) is 7.79. The molecule has 1 fully saturated rings. The fraction of sp³-hybridized carbons (Fsp3) is 1.00. The Hall–Kier alpha value is -0.0800. The van der Waals surface area contributed by atoms with Gasteiger partial charge in [-0.05, 0) is 38.0 Å². The van der Waals surface area contributed by atoms with Gasteiger partial charge in [0.1, 0.15) is 0 Å². The van der Waals surface area contributed by atoms with Crippen molar-refractivity contribution in [2.45, 2.75) is 90.7 Å². The van der Waals surface area contributed by atoms with Gasteiger partial charge in [-0.2, -0.15) is 0 Å². The Balaban J connectivity index is 2.63. The number of nitrogens with two attached hydrogens (primary N) is 1. The van der Waals surface area contributed by atoms with Crippen LogP contribution in [0.5, 0.6) is 0 Å². The summed E-state index contributed by atoms with van der Waals surface area (Å²) >= 11 is 0. The number of ether oxygens (including phenoxy) is 1. The van der Waals surface area contributed by atoms with Gasteiger partial charge in [-0.15, -0.1) is 0 Å². The molecule has 0 aliphatic heterocycles. The summed E-state index contributed by atoms with van der Waals surface area (Å²) in [5.41, 5.74) is 6.86. The molecule has 2 N–H and O–H groups in total. The Morgan fingerprint density at radius 2 is 1.67 bits per heavy atom. The molecule has 18 heavy (non-hydrogen) atoms. The van der Waals surface area contributed by atoms with E-state index in [-0.39, 0.29) is 11.6 Å². The van der Waals surface area contributed by atoms with Crippen molar-refractivity contribution < 1.29 is 4.74 Å². The van der Waals surface area contributed by atoms with Gasteiger partial charge in [-0.1, -0.05) is 46.5 Å². The number of rotatable bonds is 5. The van der Waals surface area contributed by atoms with E-state index in [1.165, 1.54) is 32.1 Å². The fourth-order valence-electron chi connectivity index (χ4n) is 3.09. The third-order valence-corrected chi connectivity index (χ3v) is 4.26. The molecule has 0 heterocycles. The Labute approximate surface area is 114 Å². The molecule has 108 valence electrons. The third kappa shape index (κ3) is 4.89. The summed E-state index contributed by atoms with van der Waals surface area (Å²) in [5.74, 6) is 0. The Morgan fingerprint density at radius 3 is 2.11 bits per heavy atom. The highest BCUT2D eigenvalue weighted by Crippen LogP contribution is 2.35. The van der Waals surface area contributed by atoms with Crippen molar-refractivity contribution in [3.8, 4) is 0 Å². The van der Waals surface area contributed by atoms with Crippen LogP contribution in [0.15, 0.2) is 0 Å². The van der Waals surface area contributed by atoms with E-state index in [1.807, 2.05) is 0 Å². The Bertz CT molecular complexity index is 224. The normalized spacial score (nSPS) is 22.5. The summed E-state index contributed by atoms with van der Waals surface area (Å²) in [6.45, 7) is 9.77. The van der Waals surface area contributed by atoms with E-state index < -0.39 is 0 Å². The second-order valence-corrected chi connectivity index (χ2v) is 7.12. The summed E-state index contributed by atoms with van der Waals surface area (Å²) in [4.78, 5) is 0. The van der Waals surface area contributed by atoms with Gasteiger partial charge in [-0.25, -0.2) is 0 Å². The van der Waals surface area contributed by atoms with Crippen molar-refractivity contribution >= 4 is 0 Å². The van der Waals surface area contributed by atoms with Crippen molar-refractivity contribution in [3.63, 3.8) is 0 Å². The van der Waals surface area contributed by atoms with Gasteiger partial charge in [0, 0.05) is 12.6 Å². The van der Waals surface area contributed by atoms with Gasteiger partial charge in [0.05, 0.1) is 5.60 Å². The summed E-state index contributed by atoms with van der Waals surface area (Å²) in [6.07, 6.45) is 9.85. The summed E-state index contributed by atoms with van der Waals surface area (Å²) in [7, 11) is 0. The van der Waals surface area contributed by atoms with Crippen molar-refractivity contribution in [3.05, 3.63) is 0 Å². The molecule has 1 aliphatic rings. The van der Waals surface area contributed by atoms with Crippen LogP contribution in [0.2, 0.25) is 0 Å². The highest BCUT2D eigenvalue weighted by Gasteiger charge is 2.37. The van der Waals surface area contributed by atoms with Crippen molar-refractivity contribution in [2.24, 2.45) is 11.1 Å². The molecule has 0 aromatic rings. The highest BCUT2D eigenvalue weighted by molar-refractivity contribution is 4.93. The average Bonchev–Trinajstić information content (AvgIpc) is 2.52. The first-order valence-electron chi connectivity index (χ1n) is 7.79. The van der Waals surface area contributed by atoms with Crippen molar-refractivity contribution in [1.29, 1.82) is 0 Å². The maximum atomic E-state index is 6.52. The predicted molar refractivity (Wildman–Crippen MR) is 78.7 cm³/mol. The Kier molecular flexibility index (Phi) is 6.13. The molecule has 1 rings (SSSR count). The molecule has 0 aromatic carbocycles. The van der Waals surface area contributed by atoms with E-state index in [0.29, 0.717) is 5.41 Å². The summed E-state index contributed by atoms with van der Waals surface area (Å²) in [6, 6.07) is 0.203. The molecule has 1 saturated carbocycles. The van der Waals surface area contributed by atoms with Crippen LogP contribution in [0.4, 0.5) is 0 Å². The molecule has 1 aliphatic carbocycles. The maximum Gasteiger partial charge on any atom is 0.0832 e. The lowest BCUT2D eigenvalue weighted by Crippen LogP contribution is -2.50. The lowest BCUT2D eigenvalue weighted by molar-refractivity contribution is -0.0715. The number of hydrogen-bond donors (Lipinski definition) is 1. The zero-order valence-corrected chi connectivity index (χ0v) is 12.9. The molecular formula is C16H33NO. The van der Waals surface area contributed by atoms with E-state index in [9.17, 15) is 0 Å². The van der Waals surface area contributed by atoms with Crippen LogP contribution in [0.3, 0.4) is 0 Å². The van der Waals surface area contributed by atoms with Crippen molar-refractivity contribution in [2.75, 3.05) is 6.61 Å². The Morgan fingerprint density at radius 1 is 1.11 bits per heavy atom. The maximum absolute atomic E-state index is 6.52. The molecule has 0 aromatic heterocycles. The summed E-state index contributed by atoms with van der Waals surface area (Å²) < 4.78 is 6.15. The largest absolute Gasteiger partial charge is 0.374 e. The van der Waals surface area contributed by atoms with E-state index in [2.05, 4.69) is 27.7 Å². The zero-order valence-electron chi connectivity index (χ0n) is 12.9. The first kappa shape index (κ1) is 16.0. The first-order chi connectivity index (χ1) is 8.40. The molecule has 0 saturated heterocycles. The standard InChI is InChI=1S/C16H33NO/c1-5-18-16(11-8-6-7-9-12-16)14(17)10-13-15(2,3)4/h14H,5-13,17H2,1-4H3. The fourth-order valence-corrected chi connectivity index (χ4v) is 3.09. The van der Waals surface area contributed by atoms with Gasteiger partial charge in [-0.3, -0.25) is 0 Å². The lowest BCUT2D eigenvalue weighted by atomic mass is 9.80. The van der Waals surface area contributed by atoms with Crippen LogP contribution in [0, 0.1) is 5.41 Å². The SMILES string of the molecule is CCOC1(C(N)CCC(C)(C)C)CCCCCC1. The van der Waals surface area contributed by atoms with Crippen LogP contribution in [0.1, 0.15) is 79.1 Å². The molecule has 0 amide bonds. The van der Waals surface area contributed by atoms with Crippen LogP contribution in [0.25, 0.3) is 0 Å². The van der Waals surface area contributed by atoms with E-state index in [0.717, 1.165) is 25.9 Å². The molecular weight excluding hydrogens is 222 g/mol. The lowest BCUT2D eigenvalue weighted by Gasteiger charge is -2.39. The molecule has 2 nitrogen and oxygen atoms in total. The average molecular weight is 255 g/mol. The smallest absolute Gasteiger partial charge is 0.0832 e. The quantitative estimate of drug-likeness (QED) is 0.745. The number of hydrogen-bond acceptors (Lipinski definition) is 2. The van der Waals surface area contributed by atoms with Gasteiger partial charge < -0.3 is 10.5 Å². The molecule has 1 unspecified atom stereocenters. The van der Waals surface area contributed by atoms with E-state index in [4.69, 9.17) is 10.5 Å². The van der Waals surface area contributed by atoms with Gasteiger partial charge in [0.15, 0.2) is 0 Å². The van der Waals surface area contributed by atoms with Gasteiger partial charge in [0.2, 0.25) is 0 Å². The van der Waals surface area contributed by atoms with E-state index >= 15 is 0 Å². The predicted octanol–water partition coefficient (Wildman–Crippen LogP) is 4.27. The zero-order chi connectivity index (χ0) is 13.6. The van der Waals surface area contributed by atoms with E-state index in [1.54, 1.807) is 0 Å². The second kappa shape index (κ2) is 6.91. The minimum Gasteiger partial charge on any atom is -0.374 e.